The minimum atomic E-state index is -0.496. The van der Waals surface area contributed by atoms with E-state index in [9.17, 15) is 4.79 Å². The average molecular weight is 307 g/mol. The first kappa shape index (κ1) is 15.5. The van der Waals surface area contributed by atoms with Gasteiger partial charge in [-0.2, -0.15) is 0 Å². The van der Waals surface area contributed by atoms with Crippen LogP contribution >= 0.6 is 11.8 Å². The van der Waals surface area contributed by atoms with Crippen molar-refractivity contribution < 1.29 is 14.3 Å². The highest BCUT2D eigenvalue weighted by molar-refractivity contribution is 7.99. The van der Waals surface area contributed by atoms with Crippen LogP contribution in [-0.4, -0.2) is 40.9 Å². The monoisotopic (exact) mass is 307 g/mol. The molecular weight excluding hydrogens is 290 g/mol. The second-order valence-electron chi connectivity index (χ2n) is 4.19. The summed E-state index contributed by atoms with van der Waals surface area (Å²) in [4.78, 5) is 12.8. The van der Waals surface area contributed by atoms with Crippen LogP contribution in [0.25, 0.3) is 0 Å². The zero-order valence-electron chi connectivity index (χ0n) is 12.0. The second-order valence-corrected chi connectivity index (χ2v) is 5.36. The molecule has 0 aliphatic rings. The lowest BCUT2D eigenvalue weighted by Gasteiger charge is -2.06. The molecule has 0 unspecified atom stereocenters. The molecular formula is C14H17N3O3S. The summed E-state index contributed by atoms with van der Waals surface area (Å²) >= 11 is 1.72. The zero-order chi connectivity index (χ0) is 15.1. The summed E-state index contributed by atoms with van der Waals surface area (Å²) in [6, 6.07) is 10.1. The maximum Gasteiger partial charge on any atom is 0.360 e. The molecule has 0 fully saturated rings. The minimum Gasteiger partial charge on any atom is -0.464 e. The van der Waals surface area contributed by atoms with Gasteiger partial charge in [0.15, 0.2) is 5.69 Å². The van der Waals surface area contributed by atoms with Crippen LogP contribution in [-0.2, 0) is 22.6 Å². The molecule has 0 aliphatic carbocycles. The van der Waals surface area contributed by atoms with E-state index in [0.717, 1.165) is 5.75 Å². The Hall–Kier alpha value is -1.86. The normalized spacial score (nSPS) is 10.6. The third-order valence-electron chi connectivity index (χ3n) is 2.81. The van der Waals surface area contributed by atoms with Crippen molar-refractivity contribution in [2.45, 2.75) is 18.0 Å². The highest BCUT2D eigenvalue weighted by atomic mass is 32.2. The first-order valence-electron chi connectivity index (χ1n) is 6.43. The Balaban J connectivity index is 2.02. The third kappa shape index (κ3) is 4.05. The van der Waals surface area contributed by atoms with Crippen LogP contribution in [0.15, 0.2) is 35.2 Å². The van der Waals surface area contributed by atoms with E-state index < -0.39 is 5.97 Å². The first-order chi connectivity index (χ1) is 10.3. The Bertz CT molecular complexity index is 586. The van der Waals surface area contributed by atoms with E-state index in [1.807, 2.05) is 18.2 Å². The molecule has 0 bridgehead atoms. The number of methoxy groups -OCH3 is 2. The Morgan fingerprint density at radius 3 is 2.71 bits per heavy atom. The number of hydrogen-bond donors (Lipinski definition) is 0. The van der Waals surface area contributed by atoms with Crippen LogP contribution in [0.3, 0.4) is 0 Å². The van der Waals surface area contributed by atoms with Crippen LogP contribution in [0.4, 0.5) is 0 Å². The molecule has 2 aromatic rings. The van der Waals surface area contributed by atoms with E-state index in [1.165, 1.54) is 12.0 Å². The molecule has 1 heterocycles. The van der Waals surface area contributed by atoms with Crippen molar-refractivity contribution in [2.24, 2.45) is 0 Å². The number of hydrogen-bond acceptors (Lipinski definition) is 6. The average Bonchev–Trinajstić information content (AvgIpc) is 2.91. The number of thioether (sulfide) groups is 1. The fraction of sp³-hybridized carbons (Fsp3) is 0.357. The van der Waals surface area contributed by atoms with E-state index in [4.69, 9.17) is 9.47 Å². The van der Waals surface area contributed by atoms with Gasteiger partial charge in [-0.1, -0.05) is 23.4 Å². The van der Waals surface area contributed by atoms with Gasteiger partial charge >= 0.3 is 5.97 Å². The number of rotatable bonds is 7. The number of benzene rings is 1. The van der Waals surface area contributed by atoms with Gasteiger partial charge in [-0.3, -0.25) is 0 Å². The predicted octanol–water partition coefficient (Wildman–Crippen LogP) is 2.00. The van der Waals surface area contributed by atoms with Gasteiger partial charge < -0.3 is 9.47 Å². The Morgan fingerprint density at radius 1 is 1.29 bits per heavy atom. The van der Waals surface area contributed by atoms with E-state index in [0.29, 0.717) is 12.2 Å². The van der Waals surface area contributed by atoms with Gasteiger partial charge in [0, 0.05) is 17.8 Å². The predicted molar refractivity (Wildman–Crippen MR) is 79.2 cm³/mol. The van der Waals surface area contributed by atoms with Crippen LogP contribution in [0.2, 0.25) is 0 Å². The number of nitrogens with zero attached hydrogens (tertiary/aromatic N) is 3. The molecule has 1 aromatic carbocycles. The molecule has 2 rings (SSSR count). The first-order valence-corrected chi connectivity index (χ1v) is 7.42. The molecule has 7 heteroatoms. The van der Waals surface area contributed by atoms with Crippen molar-refractivity contribution in [3.63, 3.8) is 0 Å². The summed E-state index contributed by atoms with van der Waals surface area (Å²) in [7, 11) is 2.89. The Labute approximate surface area is 127 Å². The molecule has 0 saturated heterocycles. The van der Waals surface area contributed by atoms with E-state index in [1.54, 1.807) is 23.6 Å². The van der Waals surface area contributed by atoms with Gasteiger partial charge in [-0.25, -0.2) is 9.48 Å². The van der Waals surface area contributed by atoms with Crippen molar-refractivity contribution in [1.29, 1.82) is 0 Å². The second kappa shape index (κ2) is 7.80. The molecule has 112 valence electrons. The molecule has 0 spiro atoms. The largest absolute Gasteiger partial charge is 0.464 e. The number of carbonyl (C=O) groups excluding carboxylic acids is 1. The highest BCUT2D eigenvalue weighted by Gasteiger charge is 2.19. The molecule has 0 amide bonds. The highest BCUT2D eigenvalue weighted by Crippen LogP contribution is 2.18. The van der Waals surface area contributed by atoms with Gasteiger partial charge in [0.1, 0.15) is 0 Å². The summed E-state index contributed by atoms with van der Waals surface area (Å²) in [5.74, 6) is 0.328. The van der Waals surface area contributed by atoms with Gasteiger partial charge in [0.2, 0.25) is 0 Å². The van der Waals surface area contributed by atoms with E-state index in [-0.39, 0.29) is 12.3 Å². The van der Waals surface area contributed by atoms with Gasteiger partial charge in [0.05, 0.1) is 26.0 Å². The smallest absolute Gasteiger partial charge is 0.360 e. The van der Waals surface area contributed by atoms with Crippen LogP contribution in [0.5, 0.6) is 0 Å². The van der Waals surface area contributed by atoms with Crippen molar-refractivity contribution in [2.75, 3.05) is 20.0 Å². The number of aryl methyl sites for hydroxylation is 1. The standard InChI is InChI=1S/C14H17N3O3S/c1-19-10-12-13(14(18)20-2)15-16-17(12)8-9-21-11-6-4-3-5-7-11/h3-7H,8-10H2,1-2H3. The molecule has 0 atom stereocenters. The summed E-state index contributed by atoms with van der Waals surface area (Å²) in [6.45, 7) is 0.912. The molecule has 6 nitrogen and oxygen atoms in total. The Morgan fingerprint density at radius 2 is 2.05 bits per heavy atom. The number of ether oxygens (including phenoxy) is 2. The molecule has 1 aromatic heterocycles. The van der Waals surface area contributed by atoms with E-state index >= 15 is 0 Å². The van der Waals surface area contributed by atoms with Crippen molar-refractivity contribution >= 4 is 17.7 Å². The summed E-state index contributed by atoms with van der Waals surface area (Å²) in [5, 5.41) is 7.89. The lowest BCUT2D eigenvalue weighted by Crippen LogP contribution is -2.11. The van der Waals surface area contributed by atoms with Gasteiger partial charge in [-0.15, -0.1) is 16.9 Å². The van der Waals surface area contributed by atoms with Crippen molar-refractivity contribution in [3.8, 4) is 0 Å². The van der Waals surface area contributed by atoms with Crippen LogP contribution in [0.1, 0.15) is 16.2 Å². The topological polar surface area (TPSA) is 66.2 Å². The summed E-state index contributed by atoms with van der Waals surface area (Å²) in [6.07, 6.45) is 0. The number of esters is 1. The SMILES string of the molecule is COCc1c(C(=O)OC)nnn1CCSc1ccccc1. The van der Waals surface area contributed by atoms with Gasteiger partial charge in [0.25, 0.3) is 0 Å². The molecule has 21 heavy (non-hydrogen) atoms. The zero-order valence-corrected chi connectivity index (χ0v) is 12.8. The Kier molecular flexibility index (Phi) is 5.77. The molecule has 0 radical (unpaired) electrons. The molecule has 0 saturated carbocycles. The summed E-state index contributed by atoms with van der Waals surface area (Å²) < 4.78 is 11.5. The lowest BCUT2D eigenvalue weighted by atomic mass is 10.3. The molecule has 0 N–H and O–H groups in total. The fourth-order valence-corrected chi connectivity index (χ4v) is 2.66. The fourth-order valence-electron chi connectivity index (χ4n) is 1.81. The quantitative estimate of drug-likeness (QED) is 0.576. The van der Waals surface area contributed by atoms with Gasteiger partial charge in [-0.05, 0) is 12.1 Å². The summed E-state index contributed by atoms with van der Waals surface area (Å²) in [5.41, 5.74) is 0.849. The molecule has 0 aliphatic heterocycles. The maximum absolute atomic E-state index is 11.6. The van der Waals surface area contributed by atoms with Crippen LogP contribution in [0, 0.1) is 0 Å². The van der Waals surface area contributed by atoms with Crippen LogP contribution < -0.4 is 0 Å². The maximum atomic E-state index is 11.6. The number of aromatic nitrogens is 3. The van der Waals surface area contributed by atoms with Crippen molar-refractivity contribution in [3.05, 3.63) is 41.7 Å². The van der Waals surface area contributed by atoms with E-state index in [2.05, 4.69) is 22.4 Å². The minimum absolute atomic E-state index is 0.212. The third-order valence-corrected chi connectivity index (χ3v) is 3.80. The number of carbonyl (C=O) groups is 1. The lowest BCUT2D eigenvalue weighted by molar-refractivity contribution is 0.0588. The van der Waals surface area contributed by atoms with Crippen molar-refractivity contribution in [1.82, 2.24) is 15.0 Å².